The Bertz CT molecular complexity index is 537. The molecular weight excluding hydrogens is 292 g/mol. The number of nitrogens with zero attached hydrogens (tertiary/aromatic N) is 2. The Morgan fingerprint density at radius 3 is 3.00 bits per heavy atom. The predicted molar refractivity (Wildman–Crippen MR) is 83.5 cm³/mol. The van der Waals surface area contributed by atoms with Crippen LogP contribution in [0, 0.1) is 0 Å². The summed E-state index contributed by atoms with van der Waals surface area (Å²) in [6.45, 7) is 3.12. The zero-order chi connectivity index (χ0) is 14.4. The fraction of sp³-hybridized carbons (Fsp3) is 0.429. The Morgan fingerprint density at radius 2 is 2.30 bits per heavy atom. The van der Waals surface area contributed by atoms with Gasteiger partial charge in [-0.25, -0.2) is 4.98 Å². The van der Waals surface area contributed by atoms with E-state index in [1.54, 1.807) is 22.7 Å². The molecule has 2 aromatic heterocycles. The van der Waals surface area contributed by atoms with Gasteiger partial charge in [-0.2, -0.15) is 0 Å². The molecule has 2 rings (SSSR count). The van der Waals surface area contributed by atoms with Crippen molar-refractivity contribution in [2.75, 3.05) is 18.6 Å². The van der Waals surface area contributed by atoms with Crippen molar-refractivity contribution < 1.29 is 9.53 Å². The number of anilines is 1. The third-order valence-electron chi connectivity index (χ3n) is 2.73. The molecule has 0 unspecified atom stereocenters. The lowest BCUT2D eigenvalue weighted by molar-refractivity contribution is -0.143. The van der Waals surface area contributed by atoms with Crippen LogP contribution in [-0.2, 0) is 22.5 Å². The summed E-state index contributed by atoms with van der Waals surface area (Å²) >= 11 is 3.36. The standard InChI is InChI=1S/C14H18N2O2S2/c1-3-18-13(17)7-6-11-10-20-14(15-11)16(2)9-12-5-4-8-19-12/h4-5,8,10H,3,6-7,9H2,1-2H3. The number of carbonyl (C=O) groups is 1. The Morgan fingerprint density at radius 1 is 1.45 bits per heavy atom. The van der Waals surface area contributed by atoms with E-state index in [4.69, 9.17) is 4.74 Å². The third-order valence-corrected chi connectivity index (χ3v) is 4.59. The number of thiophene rings is 1. The molecular formula is C14H18N2O2S2. The molecule has 2 aromatic rings. The fourth-order valence-corrected chi connectivity index (χ4v) is 3.34. The van der Waals surface area contributed by atoms with Crippen molar-refractivity contribution in [3.05, 3.63) is 33.5 Å². The first-order valence-corrected chi connectivity index (χ1v) is 8.28. The average Bonchev–Trinajstić information content (AvgIpc) is 3.07. The fourth-order valence-electron chi connectivity index (χ4n) is 1.75. The second-order valence-electron chi connectivity index (χ2n) is 4.36. The molecule has 0 atom stereocenters. The lowest BCUT2D eigenvalue weighted by atomic mass is 10.2. The van der Waals surface area contributed by atoms with E-state index in [9.17, 15) is 4.79 Å². The zero-order valence-electron chi connectivity index (χ0n) is 11.7. The minimum atomic E-state index is -0.158. The molecule has 0 aromatic carbocycles. The minimum absolute atomic E-state index is 0.158. The molecule has 0 aliphatic rings. The van der Waals surface area contributed by atoms with Gasteiger partial charge in [0.2, 0.25) is 0 Å². The Hall–Kier alpha value is -1.40. The second kappa shape index (κ2) is 7.40. The number of aromatic nitrogens is 1. The monoisotopic (exact) mass is 310 g/mol. The molecule has 0 fully saturated rings. The molecule has 20 heavy (non-hydrogen) atoms. The van der Waals surface area contributed by atoms with Crippen LogP contribution < -0.4 is 4.90 Å². The van der Waals surface area contributed by atoms with Gasteiger partial charge in [0.1, 0.15) is 0 Å². The van der Waals surface area contributed by atoms with Crippen molar-refractivity contribution in [3.8, 4) is 0 Å². The molecule has 0 aliphatic heterocycles. The lowest BCUT2D eigenvalue weighted by Gasteiger charge is -2.14. The second-order valence-corrected chi connectivity index (χ2v) is 6.23. The number of esters is 1. The van der Waals surface area contributed by atoms with Gasteiger partial charge in [0.15, 0.2) is 5.13 Å². The van der Waals surface area contributed by atoms with Crippen LogP contribution in [0.25, 0.3) is 0 Å². The van der Waals surface area contributed by atoms with Crippen LogP contribution >= 0.6 is 22.7 Å². The maximum absolute atomic E-state index is 11.3. The summed E-state index contributed by atoms with van der Waals surface area (Å²) in [6.07, 6.45) is 1.04. The molecule has 0 radical (unpaired) electrons. The zero-order valence-corrected chi connectivity index (χ0v) is 13.3. The molecule has 0 saturated carbocycles. The van der Waals surface area contributed by atoms with E-state index >= 15 is 0 Å². The van der Waals surface area contributed by atoms with Crippen LogP contribution in [0.1, 0.15) is 23.9 Å². The predicted octanol–water partition coefficient (Wildman–Crippen LogP) is 3.34. The van der Waals surface area contributed by atoms with E-state index in [2.05, 4.69) is 27.4 Å². The Balaban J connectivity index is 1.86. The maximum atomic E-state index is 11.3. The summed E-state index contributed by atoms with van der Waals surface area (Å²) in [5, 5.41) is 5.08. The van der Waals surface area contributed by atoms with Crippen LogP contribution in [0.5, 0.6) is 0 Å². The highest BCUT2D eigenvalue weighted by molar-refractivity contribution is 7.13. The van der Waals surface area contributed by atoms with E-state index in [0.29, 0.717) is 19.4 Å². The molecule has 0 bridgehead atoms. The first-order chi connectivity index (χ1) is 9.69. The molecule has 0 saturated heterocycles. The van der Waals surface area contributed by atoms with Gasteiger partial charge < -0.3 is 9.64 Å². The van der Waals surface area contributed by atoms with Crippen LogP contribution in [0.4, 0.5) is 5.13 Å². The van der Waals surface area contributed by atoms with E-state index in [1.807, 2.05) is 19.4 Å². The maximum Gasteiger partial charge on any atom is 0.306 e. The van der Waals surface area contributed by atoms with Gasteiger partial charge in [-0.1, -0.05) is 6.07 Å². The Kier molecular flexibility index (Phi) is 5.55. The lowest BCUT2D eigenvalue weighted by Crippen LogP contribution is -2.15. The number of thiazole rings is 1. The van der Waals surface area contributed by atoms with E-state index < -0.39 is 0 Å². The normalized spacial score (nSPS) is 10.5. The van der Waals surface area contributed by atoms with Crippen molar-refractivity contribution in [1.29, 1.82) is 0 Å². The van der Waals surface area contributed by atoms with Crippen molar-refractivity contribution in [2.24, 2.45) is 0 Å². The third kappa shape index (κ3) is 4.31. The molecule has 0 N–H and O–H groups in total. The van der Waals surface area contributed by atoms with E-state index in [0.717, 1.165) is 17.4 Å². The Labute approximate surface area is 127 Å². The summed E-state index contributed by atoms with van der Waals surface area (Å²) in [5.41, 5.74) is 0.955. The quantitative estimate of drug-likeness (QED) is 0.736. The van der Waals surface area contributed by atoms with Crippen molar-refractivity contribution >= 4 is 33.8 Å². The van der Waals surface area contributed by atoms with Gasteiger partial charge in [0, 0.05) is 23.7 Å². The van der Waals surface area contributed by atoms with Crippen molar-refractivity contribution in [2.45, 2.75) is 26.3 Å². The van der Waals surface area contributed by atoms with Gasteiger partial charge in [-0.3, -0.25) is 4.79 Å². The number of carbonyl (C=O) groups excluding carboxylic acids is 1. The van der Waals surface area contributed by atoms with Gasteiger partial charge >= 0.3 is 5.97 Å². The summed E-state index contributed by atoms with van der Waals surface area (Å²) < 4.78 is 4.92. The number of ether oxygens (including phenoxy) is 1. The number of rotatable bonds is 7. The van der Waals surface area contributed by atoms with Gasteiger partial charge in [-0.05, 0) is 18.4 Å². The van der Waals surface area contributed by atoms with Crippen molar-refractivity contribution in [3.63, 3.8) is 0 Å². The summed E-state index contributed by atoms with van der Waals surface area (Å²) in [5.74, 6) is -0.158. The highest BCUT2D eigenvalue weighted by atomic mass is 32.1. The SMILES string of the molecule is CCOC(=O)CCc1csc(N(C)Cc2cccs2)n1. The number of hydrogen-bond donors (Lipinski definition) is 0. The molecule has 108 valence electrons. The number of aryl methyl sites for hydroxylation is 1. The molecule has 0 spiro atoms. The highest BCUT2D eigenvalue weighted by Gasteiger charge is 2.10. The summed E-state index contributed by atoms with van der Waals surface area (Å²) in [6, 6.07) is 4.18. The van der Waals surface area contributed by atoms with Crippen LogP contribution in [0.15, 0.2) is 22.9 Å². The summed E-state index contributed by atoms with van der Waals surface area (Å²) in [4.78, 5) is 19.3. The van der Waals surface area contributed by atoms with Crippen molar-refractivity contribution in [1.82, 2.24) is 4.98 Å². The molecule has 4 nitrogen and oxygen atoms in total. The topological polar surface area (TPSA) is 42.4 Å². The van der Waals surface area contributed by atoms with E-state index in [-0.39, 0.29) is 5.97 Å². The minimum Gasteiger partial charge on any atom is -0.466 e. The van der Waals surface area contributed by atoms with Gasteiger partial charge in [0.05, 0.1) is 25.3 Å². The number of hydrogen-bond acceptors (Lipinski definition) is 6. The van der Waals surface area contributed by atoms with Gasteiger partial charge in [0.25, 0.3) is 0 Å². The smallest absolute Gasteiger partial charge is 0.306 e. The average molecular weight is 310 g/mol. The summed E-state index contributed by atoms with van der Waals surface area (Å²) in [7, 11) is 2.04. The van der Waals surface area contributed by atoms with Gasteiger partial charge in [-0.15, -0.1) is 22.7 Å². The molecule has 0 amide bonds. The molecule has 6 heteroatoms. The largest absolute Gasteiger partial charge is 0.466 e. The molecule has 2 heterocycles. The van der Waals surface area contributed by atoms with Crippen LogP contribution in [-0.4, -0.2) is 24.6 Å². The molecule has 0 aliphatic carbocycles. The first kappa shape index (κ1) is 15.0. The first-order valence-electron chi connectivity index (χ1n) is 6.52. The van der Waals surface area contributed by atoms with E-state index in [1.165, 1.54) is 4.88 Å². The van der Waals surface area contributed by atoms with Crippen LogP contribution in [0.3, 0.4) is 0 Å². The highest BCUT2D eigenvalue weighted by Crippen LogP contribution is 2.23. The van der Waals surface area contributed by atoms with Crippen LogP contribution in [0.2, 0.25) is 0 Å².